The summed E-state index contributed by atoms with van der Waals surface area (Å²) in [5.41, 5.74) is 4.33. The number of rotatable bonds is 18. The number of hydrogen-bond donors (Lipinski definition) is 4. The summed E-state index contributed by atoms with van der Waals surface area (Å²) in [6.07, 6.45) is 3.54. The summed E-state index contributed by atoms with van der Waals surface area (Å²) in [4.78, 5) is 29.6. The van der Waals surface area contributed by atoms with Crippen molar-refractivity contribution in [1.29, 1.82) is 0 Å². The number of ether oxygens (including phenoxy) is 2. The molecule has 0 unspecified atom stereocenters. The smallest absolute Gasteiger partial charge is 0.262 e. The Morgan fingerprint density at radius 2 is 1.77 bits per heavy atom. The van der Waals surface area contributed by atoms with Gasteiger partial charge in [-0.3, -0.25) is 9.59 Å². The van der Waals surface area contributed by atoms with E-state index in [1.165, 1.54) is 5.56 Å². The van der Waals surface area contributed by atoms with Crippen LogP contribution in [0.1, 0.15) is 62.3 Å². The lowest BCUT2D eigenvalue weighted by atomic mass is 9.67. The number of likely N-dealkylation sites (tertiary alicyclic amines) is 1. The third kappa shape index (κ3) is 10.2. The second kappa shape index (κ2) is 18.8. The van der Waals surface area contributed by atoms with Crippen molar-refractivity contribution in [3.63, 3.8) is 0 Å². The molecular weight excluding hydrogens is 677 g/mol. The van der Waals surface area contributed by atoms with Crippen LogP contribution >= 0.6 is 11.8 Å². The van der Waals surface area contributed by atoms with E-state index in [0.717, 1.165) is 48.4 Å². The van der Waals surface area contributed by atoms with Gasteiger partial charge in [-0.15, -0.1) is 0 Å². The Kier molecular flexibility index (Phi) is 14.3. The molecule has 5 rings (SSSR count). The predicted octanol–water partition coefficient (Wildman–Crippen LogP) is 5.58. The summed E-state index contributed by atoms with van der Waals surface area (Å²) in [5, 5.41) is 27.9. The maximum atomic E-state index is 13.5. The van der Waals surface area contributed by atoms with E-state index >= 15 is 0 Å². The molecule has 0 saturated carbocycles. The lowest BCUT2D eigenvalue weighted by molar-refractivity contribution is -0.133. The fourth-order valence-corrected chi connectivity index (χ4v) is 8.00. The fourth-order valence-electron chi connectivity index (χ4n) is 7.16. The zero-order valence-electron chi connectivity index (χ0n) is 31.2. The molecule has 4 N–H and O–H groups in total. The minimum atomic E-state index is -0.288. The Balaban J connectivity index is 1.12. The summed E-state index contributed by atoms with van der Waals surface area (Å²) < 4.78 is 11.6. The highest BCUT2D eigenvalue weighted by atomic mass is 32.2. The van der Waals surface area contributed by atoms with E-state index < -0.39 is 0 Å². The maximum absolute atomic E-state index is 13.5. The van der Waals surface area contributed by atoms with Gasteiger partial charge in [0, 0.05) is 35.9 Å². The third-order valence-electron chi connectivity index (χ3n) is 10.2. The zero-order chi connectivity index (χ0) is 37.1. The average molecular weight is 733 g/mol. The zero-order valence-corrected chi connectivity index (χ0v) is 32.0. The minimum absolute atomic E-state index is 0.0135. The van der Waals surface area contributed by atoms with Gasteiger partial charge in [-0.2, -0.15) is 11.8 Å². The molecule has 2 aliphatic heterocycles. The molecule has 11 heteroatoms. The number of benzene rings is 3. The number of thioether (sulfide) groups is 1. The van der Waals surface area contributed by atoms with E-state index in [1.54, 1.807) is 6.07 Å². The molecule has 0 spiro atoms. The van der Waals surface area contributed by atoms with Gasteiger partial charge in [0.2, 0.25) is 5.91 Å². The highest BCUT2D eigenvalue weighted by molar-refractivity contribution is 7.99. The van der Waals surface area contributed by atoms with Gasteiger partial charge < -0.3 is 40.1 Å². The molecule has 2 amide bonds. The fraction of sp³-hybridized carbons (Fsp3) is 0.512. The van der Waals surface area contributed by atoms with Crippen LogP contribution in [-0.4, -0.2) is 108 Å². The first-order valence-corrected chi connectivity index (χ1v) is 19.7. The summed E-state index contributed by atoms with van der Waals surface area (Å²) in [7, 11) is 2.15. The first kappa shape index (κ1) is 39.4. The quantitative estimate of drug-likeness (QED) is 0.0981. The number of fused-ring (bicyclic) bond motifs is 1. The van der Waals surface area contributed by atoms with Gasteiger partial charge in [0.05, 0.1) is 19.6 Å². The highest BCUT2D eigenvalue weighted by Gasteiger charge is 2.39. The Bertz CT molecular complexity index is 1630. The van der Waals surface area contributed by atoms with Crippen LogP contribution in [0.15, 0.2) is 60.7 Å². The maximum Gasteiger partial charge on any atom is 0.262 e. The molecule has 3 aromatic rings. The second-order valence-electron chi connectivity index (χ2n) is 14.3. The number of phenols is 2. The van der Waals surface area contributed by atoms with Crippen LogP contribution in [0, 0.1) is 0 Å². The van der Waals surface area contributed by atoms with E-state index in [0.29, 0.717) is 74.5 Å². The molecule has 2 heterocycles. The lowest BCUT2D eigenvalue weighted by Crippen LogP contribution is -2.44. The molecule has 0 aromatic heterocycles. The lowest BCUT2D eigenvalue weighted by Gasteiger charge is -2.42. The Labute approximate surface area is 313 Å². The number of anilines is 1. The predicted molar refractivity (Wildman–Crippen MR) is 209 cm³/mol. The molecule has 2 aliphatic rings. The number of hydrogen-bond acceptors (Lipinski definition) is 9. The van der Waals surface area contributed by atoms with Crippen molar-refractivity contribution < 1.29 is 29.3 Å². The summed E-state index contributed by atoms with van der Waals surface area (Å²) in [6, 6.07) is 20.0. The Morgan fingerprint density at radius 1 is 1.02 bits per heavy atom. The van der Waals surface area contributed by atoms with Crippen LogP contribution in [0.5, 0.6) is 17.2 Å². The average Bonchev–Trinajstić information content (AvgIpc) is 3.14. The molecular formula is C41H56N4O6S. The number of piperidine rings is 1. The normalized spacial score (nSPS) is 16.2. The molecule has 282 valence electrons. The van der Waals surface area contributed by atoms with Crippen molar-refractivity contribution in [1.82, 2.24) is 15.1 Å². The van der Waals surface area contributed by atoms with Crippen LogP contribution in [-0.2, 0) is 32.6 Å². The summed E-state index contributed by atoms with van der Waals surface area (Å²) in [6.45, 7) is 11.0. The van der Waals surface area contributed by atoms with Gasteiger partial charge in [0.15, 0.2) is 12.4 Å². The van der Waals surface area contributed by atoms with Crippen LogP contribution in [0.4, 0.5) is 5.69 Å². The minimum Gasteiger partial charge on any atom is -0.508 e. The van der Waals surface area contributed by atoms with E-state index in [1.807, 2.05) is 40.9 Å². The van der Waals surface area contributed by atoms with Crippen molar-refractivity contribution in [3.05, 3.63) is 82.9 Å². The Hall–Kier alpha value is -3.77. The van der Waals surface area contributed by atoms with Crippen LogP contribution < -0.4 is 15.4 Å². The van der Waals surface area contributed by atoms with E-state index in [2.05, 4.69) is 73.7 Å². The van der Waals surface area contributed by atoms with Crippen molar-refractivity contribution in [3.8, 4) is 17.2 Å². The second-order valence-corrected chi connectivity index (χ2v) is 15.9. The number of nitrogens with zero attached hydrogens (tertiary/aromatic N) is 2. The van der Waals surface area contributed by atoms with E-state index in [-0.39, 0.29) is 35.6 Å². The van der Waals surface area contributed by atoms with Gasteiger partial charge in [0.1, 0.15) is 17.2 Å². The van der Waals surface area contributed by atoms with Gasteiger partial charge in [-0.25, -0.2) is 0 Å². The van der Waals surface area contributed by atoms with Crippen molar-refractivity contribution in [2.45, 2.75) is 69.6 Å². The van der Waals surface area contributed by atoms with Crippen LogP contribution in [0.2, 0.25) is 0 Å². The third-order valence-corrected chi connectivity index (χ3v) is 11.5. The van der Waals surface area contributed by atoms with Gasteiger partial charge in [-0.05, 0) is 93.4 Å². The van der Waals surface area contributed by atoms with E-state index in [9.17, 15) is 19.8 Å². The van der Waals surface area contributed by atoms with Crippen molar-refractivity contribution in [2.24, 2.45) is 0 Å². The number of amides is 2. The van der Waals surface area contributed by atoms with Gasteiger partial charge in [0.25, 0.3) is 5.91 Å². The van der Waals surface area contributed by atoms with Crippen LogP contribution in [0.25, 0.3) is 0 Å². The number of nitrogens with one attached hydrogen (secondary N) is 2. The first-order valence-electron chi connectivity index (χ1n) is 18.6. The molecule has 0 aliphatic carbocycles. The Morgan fingerprint density at radius 3 is 2.52 bits per heavy atom. The van der Waals surface area contributed by atoms with E-state index in [4.69, 9.17) is 9.47 Å². The number of carbonyl (C=O) groups excluding carboxylic acids is 2. The standard InChI is InChI=1S/C41H56N4O6S/c1-29(2)52-28-30(3)45(23-20-42-19-14-32-11-13-36(47)39-40(32)51-27-37(48)43-39)38(49)16-25-50-24-15-31-10-12-35(46)34(26-31)41(17-21-44(4)22-18-41)33-8-6-5-7-9-33/h5-13,26,29-30,42,46-47H,14-25,27-28H2,1-4H3,(H,43,48)/t30-/m1/s1. The number of carbonyl (C=O) groups is 2. The van der Waals surface area contributed by atoms with Crippen molar-refractivity contribution in [2.75, 3.05) is 70.7 Å². The largest absolute Gasteiger partial charge is 0.508 e. The SMILES string of the molecule is CC(C)SC[C@@H](C)N(CCNCCc1ccc(O)c2c1OCC(=O)N2)C(=O)CCOCCc1ccc(O)c(C2(c3ccccc3)CCN(C)CC2)c1. The highest BCUT2D eigenvalue weighted by Crippen LogP contribution is 2.45. The number of phenolic OH excluding ortho intramolecular Hbond substituents is 2. The summed E-state index contributed by atoms with van der Waals surface area (Å²) in [5.74, 6) is 1.48. The topological polar surface area (TPSA) is 124 Å². The van der Waals surface area contributed by atoms with Crippen LogP contribution in [0.3, 0.4) is 0 Å². The molecule has 1 atom stereocenters. The van der Waals surface area contributed by atoms with Crippen molar-refractivity contribution >= 4 is 29.3 Å². The van der Waals surface area contributed by atoms with Gasteiger partial charge in [-0.1, -0.05) is 62.4 Å². The molecule has 52 heavy (non-hydrogen) atoms. The molecule has 1 saturated heterocycles. The molecule has 10 nitrogen and oxygen atoms in total. The number of aromatic hydroxyl groups is 2. The molecule has 0 bridgehead atoms. The molecule has 1 fully saturated rings. The monoisotopic (exact) mass is 732 g/mol. The van der Waals surface area contributed by atoms with Gasteiger partial charge >= 0.3 is 0 Å². The first-order chi connectivity index (χ1) is 25.1. The molecule has 0 radical (unpaired) electrons. The summed E-state index contributed by atoms with van der Waals surface area (Å²) >= 11 is 1.85. The molecule has 3 aromatic carbocycles.